The number of nitrogens with one attached hydrogen (secondary N) is 2. The van der Waals surface area contributed by atoms with Crippen molar-refractivity contribution in [2.24, 2.45) is 5.92 Å². The van der Waals surface area contributed by atoms with Gasteiger partial charge in [-0.25, -0.2) is 4.79 Å². The summed E-state index contributed by atoms with van der Waals surface area (Å²) in [6.45, 7) is 3.93. The van der Waals surface area contributed by atoms with E-state index >= 15 is 0 Å². The Morgan fingerprint density at radius 2 is 2.12 bits per heavy atom. The van der Waals surface area contributed by atoms with Crippen molar-refractivity contribution in [1.82, 2.24) is 10.6 Å². The minimum atomic E-state index is -0.430. The molecule has 0 saturated heterocycles. The van der Waals surface area contributed by atoms with Gasteiger partial charge in [0.15, 0.2) is 0 Å². The molecule has 1 aliphatic carbocycles. The van der Waals surface area contributed by atoms with E-state index in [1.165, 1.54) is 18.4 Å². The monoisotopic (exact) mass is 226 g/mol. The summed E-state index contributed by atoms with van der Waals surface area (Å²) in [6.07, 6.45) is 4.10. The van der Waals surface area contributed by atoms with Gasteiger partial charge >= 0.3 is 12.0 Å². The molecule has 5 heteroatoms. The van der Waals surface area contributed by atoms with Gasteiger partial charge in [-0.1, -0.05) is 5.57 Å². The first-order valence-electron chi connectivity index (χ1n) is 5.50. The molecule has 0 aliphatic heterocycles. The summed E-state index contributed by atoms with van der Waals surface area (Å²) in [7, 11) is 0. The second kappa shape index (κ2) is 6.15. The second-order valence-corrected chi connectivity index (χ2v) is 3.79. The van der Waals surface area contributed by atoms with E-state index in [0.29, 0.717) is 12.5 Å². The molecule has 0 unspecified atom stereocenters. The molecule has 5 nitrogen and oxygen atoms in total. The number of carbonyl (C=O) groups excluding carboxylic acids is 2. The molecule has 16 heavy (non-hydrogen) atoms. The largest absolute Gasteiger partial charge is 0.465 e. The summed E-state index contributed by atoms with van der Waals surface area (Å²) in [5, 5.41) is 4.99. The molecule has 1 saturated carbocycles. The van der Waals surface area contributed by atoms with E-state index in [4.69, 9.17) is 0 Å². The standard InChI is InChI=1S/C11H18N2O3/c1-3-16-10(14)7-13-11(15)12-6-8(2)9-4-5-9/h6,9H,3-5,7H2,1-2H3,(H2,12,13,15)/b8-6+. The molecule has 0 bridgehead atoms. The van der Waals surface area contributed by atoms with Crippen LogP contribution in [0.15, 0.2) is 11.8 Å². The second-order valence-electron chi connectivity index (χ2n) is 3.79. The minimum Gasteiger partial charge on any atom is -0.465 e. The Bertz CT molecular complexity index is 296. The third-order valence-electron chi connectivity index (χ3n) is 2.35. The number of carbonyl (C=O) groups is 2. The average molecular weight is 226 g/mol. The lowest BCUT2D eigenvalue weighted by molar-refractivity contribution is -0.141. The Kier molecular flexibility index (Phi) is 4.82. The predicted octanol–water partition coefficient (Wildman–Crippen LogP) is 1.16. The lowest BCUT2D eigenvalue weighted by atomic mass is 10.2. The van der Waals surface area contributed by atoms with Gasteiger partial charge in [-0.15, -0.1) is 0 Å². The van der Waals surface area contributed by atoms with E-state index in [2.05, 4.69) is 15.4 Å². The summed E-state index contributed by atoms with van der Waals surface area (Å²) in [5.74, 6) is 0.200. The Morgan fingerprint density at radius 3 is 2.69 bits per heavy atom. The predicted molar refractivity (Wildman–Crippen MR) is 59.6 cm³/mol. The van der Waals surface area contributed by atoms with Gasteiger partial charge in [0.2, 0.25) is 0 Å². The quantitative estimate of drug-likeness (QED) is 0.691. The number of ether oxygens (including phenoxy) is 1. The van der Waals surface area contributed by atoms with Crippen LogP contribution in [0.3, 0.4) is 0 Å². The van der Waals surface area contributed by atoms with Crippen LogP contribution in [0, 0.1) is 5.92 Å². The van der Waals surface area contributed by atoms with Crippen molar-refractivity contribution < 1.29 is 14.3 Å². The number of urea groups is 1. The van der Waals surface area contributed by atoms with Crippen LogP contribution in [0.2, 0.25) is 0 Å². The van der Waals surface area contributed by atoms with E-state index in [-0.39, 0.29) is 12.6 Å². The van der Waals surface area contributed by atoms with Gasteiger partial charge < -0.3 is 15.4 Å². The first-order chi connectivity index (χ1) is 7.63. The third kappa shape index (κ3) is 4.82. The van der Waals surface area contributed by atoms with Crippen LogP contribution in [0.25, 0.3) is 0 Å². The van der Waals surface area contributed by atoms with Crippen LogP contribution in [0.5, 0.6) is 0 Å². The fourth-order valence-corrected chi connectivity index (χ4v) is 1.25. The van der Waals surface area contributed by atoms with Gasteiger partial charge in [-0.3, -0.25) is 4.79 Å². The zero-order valence-corrected chi connectivity index (χ0v) is 9.71. The van der Waals surface area contributed by atoms with E-state index in [1.54, 1.807) is 13.1 Å². The summed E-state index contributed by atoms with van der Waals surface area (Å²) < 4.78 is 4.67. The number of hydrogen-bond acceptors (Lipinski definition) is 3. The van der Waals surface area contributed by atoms with Crippen molar-refractivity contribution in [3.8, 4) is 0 Å². The molecule has 0 aromatic carbocycles. The van der Waals surface area contributed by atoms with Crippen molar-refractivity contribution in [2.45, 2.75) is 26.7 Å². The molecule has 0 aromatic rings. The number of hydrogen-bond donors (Lipinski definition) is 2. The van der Waals surface area contributed by atoms with Gasteiger partial charge in [0.1, 0.15) is 6.54 Å². The molecule has 1 aliphatic rings. The zero-order valence-electron chi connectivity index (χ0n) is 9.71. The fraction of sp³-hybridized carbons (Fsp3) is 0.636. The van der Waals surface area contributed by atoms with E-state index in [0.717, 1.165) is 0 Å². The molecule has 90 valence electrons. The molecule has 1 fully saturated rings. The van der Waals surface area contributed by atoms with Crippen LogP contribution >= 0.6 is 0 Å². The normalized spacial score (nSPS) is 15.5. The Labute approximate surface area is 95.2 Å². The van der Waals surface area contributed by atoms with Crippen LogP contribution < -0.4 is 10.6 Å². The van der Waals surface area contributed by atoms with Crippen molar-refractivity contribution in [3.63, 3.8) is 0 Å². The number of rotatable bonds is 5. The number of amides is 2. The first kappa shape index (κ1) is 12.5. The van der Waals surface area contributed by atoms with Crippen molar-refractivity contribution in [3.05, 3.63) is 11.8 Å². The van der Waals surface area contributed by atoms with Crippen LogP contribution in [-0.4, -0.2) is 25.2 Å². The Balaban J connectivity index is 2.15. The number of allylic oxidation sites excluding steroid dienone is 1. The molecule has 2 amide bonds. The average Bonchev–Trinajstić information content (AvgIpc) is 3.07. The summed E-state index contributed by atoms with van der Waals surface area (Å²) in [4.78, 5) is 22.1. The van der Waals surface area contributed by atoms with Crippen molar-refractivity contribution in [1.29, 1.82) is 0 Å². The Morgan fingerprint density at radius 1 is 1.44 bits per heavy atom. The van der Waals surface area contributed by atoms with Gasteiger partial charge in [-0.05, 0) is 32.6 Å². The highest BCUT2D eigenvalue weighted by molar-refractivity contribution is 5.81. The maximum Gasteiger partial charge on any atom is 0.325 e. The SMILES string of the molecule is CCOC(=O)CNC(=O)N/C=C(\C)C1CC1. The van der Waals surface area contributed by atoms with Gasteiger partial charge in [0.25, 0.3) is 0 Å². The lowest BCUT2D eigenvalue weighted by Gasteiger charge is -2.05. The van der Waals surface area contributed by atoms with E-state index in [9.17, 15) is 9.59 Å². The maximum atomic E-state index is 11.2. The van der Waals surface area contributed by atoms with Crippen LogP contribution in [0.4, 0.5) is 4.79 Å². The van der Waals surface area contributed by atoms with Crippen molar-refractivity contribution in [2.75, 3.05) is 13.2 Å². The van der Waals surface area contributed by atoms with Gasteiger partial charge in [-0.2, -0.15) is 0 Å². The van der Waals surface area contributed by atoms with Crippen LogP contribution in [-0.2, 0) is 9.53 Å². The minimum absolute atomic E-state index is 0.101. The molecule has 0 atom stereocenters. The highest BCUT2D eigenvalue weighted by atomic mass is 16.5. The molecular weight excluding hydrogens is 208 g/mol. The highest BCUT2D eigenvalue weighted by Gasteiger charge is 2.22. The molecule has 0 spiro atoms. The van der Waals surface area contributed by atoms with Crippen molar-refractivity contribution >= 4 is 12.0 Å². The van der Waals surface area contributed by atoms with E-state index < -0.39 is 5.97 Å². The maximum absolute atomic E-state index is 11.2. The molecule has 0 aromatic heterocycles. The number of esters is 1. The third-order valence-corrected chi connectivity index (χ3v) is 2.35. The molecule has 1 rings (SSSR count). The Hall–Kier alpha value is -1.52. The van der Waals surface area contributed by atoms with Gasteiger partial charge in [0, 0.05) is 6.20 Å². The summed E-state index contributed by atoms with van der Waals surface area (Å²) >= 11 is 0. The summed E-state index contributed by atoms with van der Waals surface area (Å²) in [6, 6.07) is -0.381. The lowest BCUT2D eigenvalue weighted by Crippen LogP contribution is -2.36. The van der Waals surface area contributed by atoms with E-state index in [1.807, 2.05) is 6.92 Å². The summed E-state index contributed by atoms with van der Waals surface area (Å²) in [5.41, 5.74) is 1.17. The highest BCUT2D eigenvalue weighted by Crippen LogP contribution is 2.35. The fourth-order valence-electron chi connectivity index (χ4n) is 1.25. The first-order valence-corrected chi connectivity index (χ1v) is 5.50. The topological polar surface area (TPSA) is 67.4 Å². The zero-order chi connectivity index (χ0) is 12.0. The smallest absolute Gasteiger partial charge is 0.325 e. The molecular formula is C11H18N2O3. The molecule has 2 N–H and O–H groups in total. The van der Waals surface area contributed by atoms with Gasteiger partial charge in [0.05, 0.1) is 6.61 Å². The molecule has 0 heterocycles. The van der Waals surface area contributed by atoms with Crippen LogP contribution in [0.1, 0.15) is 26.7 Å². The molecule has 0 radical (unpaired) electrons.